The standard InChI is InChI=1S/C37H42N8O2/c46-36(28-5-1-13-38-28)44-15-3-7-32(44)34-40-20-30(42-34)22-9-11-26-24(17-22)19-25-18-23(10-12-27(25)26)31-21-41-35(43-31)33-8-4-16-45(33)37(47)29-6-2-14-39-29/h9-12,17-18,20-21,28-29,32-33,38-39H,1-8,13-16,19H2,(H,40,42)(H,41,43)/t28-,29+,32-,33-/m1/s1. The minimum Gasteiger partial charge on any atom is -0.340 e. The van der Waals surface area contributed by atoms with Crippen molar-refractivity contribution in [2.24, 2.45) is 0 Å². The van der Waals surface area contributed by atoms with Gasteiger partial charge >= 0.3 is 0 Å². The van der Waals surface area contributed by atoms with Crippen LogP contribution in [0, 0.1) is 0 Å². The monoisotopic (exact) mass is 630 g/mol. The zero-order chi connectivity index (χ0) is 31.5. The Labute approximate surface area is 274 Å². The lowest BCUT2D eigenvalue weighted by Gasteiger charge is -2.26. The SMILES string of the molecule is O=C([C@@H]1CCCN1)N1CCC[C@@H]1c1ncc(-c2ccc3c(c2)Cc2cc(-c4cnc([C@H]5CCCN5C(=O)[C@H]5CCCN5)[nH]4)ccc2-3)[nH]1. The predicted octanol–water partition coefficient (Wildman–Crippen LogP) is 4.87. The van der Waals surface area contributed by atoms with Crippen LogP contribution >= 0.6 is 0 Å². The molecule has 4 fully saturated rings. The molecule has 1 aliphatic carbocycles. The van der Waals surface area contributed by atoms with E-state index >= 15 is 0 Å². The lowest BCUT2D eigenvalue weighted by molar-refractivity contribution is -0.134. The minimum atomic E-state index is -0.0495. The molecule has 2 amide bonds. The van der Waals surface area contributed by atoms with Crippen molar-refractivity contribution in [3.8, 4) is 33.6 Å². The summed E-state index contributed by atoms with van der Waals surface area (Å²) in [5.74, 6) is 2.21. The summed E-state index contributed by atoms with van der Waals surface area (Å²) in [7, 11) is 0. The molecule has 242 valence electrons. The van der Waals surface area contributed by atoms with E-state index in [0.29, 0.717) is 0 Å². The lowest BCUT2D eigenvalue weighted by Crippen LogP contribution is -2.43. The fourth-order valence-corrected chi connectivity index (χ4v) is 8.67. The molecule has 2 aromatic heterocycles. The second kappa shape index (κ2) is 11.8. The molecular formula is C37H42N8O2. The van der Waals surface area contributed by atoms with Crippen molar-refractivity contribution in [1.82, 2.24) is 40.4 Å². The highest BCUT2D eigenvalue weighted by Crippen LogP contribution is 2.41. The van der Waals surface area contributed by atoms with E-state index in [-0.39, 0.29) is 36.0 Å². The van der Waals surface area contributed by atoms with Crippen molar-refractivity contribution in [2.75, 3.05) is 26.2 Å². The zero-order valence-corrected chi connectivity index (χ0v) is 26.7. The molecule has 0 bridgehead atoms. The van der Waals surface area contributed by atoms with Crippen LogP contribution in [0.4, 0.5) is 0 Å². The summed E-state index contributed by atoms with van der Waals surface area (Å²) in [6.07, 6.45) is 12.6. The summed E-state index contributed by atoms with van der Waals surface area (Å²) in [5.41, 5.74) is 9.38. The van der Waals surface area contributed by atoms with Crippen LogP contribution in [0.25, 0.3) is 33.6 Å². The number of aromatic amines is 2. The number of hydrogen-bond acceptors (Lipinski definition) is 6. The van der Waals surface area contributed by atoms with Crippen molar-refractivity contribution in [2.45, 2.75) is 82.0 Å². The first-order chi connectivity index (χ1) is 23.1. The Bertz CT molecular complexity index is 1700. The van der Waals surface area contributed by atoms with Gasteiger partial charge in [0.25, 0.3) is 0 Å². The Morgan fingerprint density at radius 1 is 0.638 bits per heavy atom. The van der Waals surface area contributed by atoms with Gasteiger partial charge in [0.15, 0.2) is 0 Å². The molecule has 2 aromatic carbocycles. The number of rotatable bonds is 6. The van der Waals surface area contributed by atoms with Crippen LogP contribution < -0.4 is 10.6 Å². The quantitative estimate of drug-likeness (QED) is 0.213. The third-order valence-corrected chi connectivity index (χ3v) is 11.1. The highest BCUT2D eigenvalue weighted by atomic mass is 16.2. The molecular weight excluding hydrogens is 588 g/mol. The number of hydrogen-bond donors (Lipinski definition) is 4. The fraction of sp³-hybridized carbons (Fsp3) is 0.459. The van der Waals surface area contributed by atoms with Crippen LogP contribution in [-0.4, -0.2) is 79.8 Å². The van der Waals surface area contributed by atoms with Gasteiger partial charge in [-0.05, 0) is 116 Å². The van der Waals surface area contributed by atoms with Gasteiger partial charge in [-0.3, -0.25) is 9.59 Å². The second-order valence-corrected chi connectivity index (χ2v) is 14.0. The maximum Gasteiger partial charge on any atom is 0.240 e. The number of fused-ring (bicyclic) bond motifs is 3. The van der Waals surface area contributed by atoms with E-state index in [4.69, 9.17) is 9.97 Å². The summed E-state index contributed by atoms with van der Waals surface area (Å²) < 4.78 is 0. The number of aromatic nitrogens is 4. The summed E-state index contributed by atoms with van der Waals surface area (Å²) in [6.45, 7) is 3.45. The average Bonchev–Trinajstić information content (AvgIpc) is 3.95. The van der Waals surface area contributed by atoms with E-state index in [0.717, 1.165) is 118 Å². The van der Waals surface area contributed by atoms with Gasteiger partial charge in [-0.1, -0.05) is 24.3 Å². The van der Waals surface area contributed by atoms with E-state index in [9.17, 15) is 9.59 Å². The first-order valence-corrected chi connectivity index (χ1v) is 17.6. The topological polar surface area (TPSA) is 122 Å². The van der Waals surface area contributed by atoms with E-state index in [1.807, 2.05) is 22.2 Å². The third-order valence-electron chi connectivity index (χ3n) is 11.1. The fourth-order valence-electron chi connectivity index (χ4n) is 8.67. The molecule has 4 atom stereocenters. The molecule has 0 radical (unpaired) electrons. The van der Waals surface area contributed by atoms with Gasteiger partial charge in [-0.15, -0.1) is 0 Å². The van der Waals surface area contributed by atoms with E-state index < -0.39 is 0 Å². The van der Waals surface area contributed by atoms with Gasteiger partial charge in [-0.25, -0.2) is 9.97 Å². The molecule has 4 aliphatic heterocycles. The molecule has 5 aliphatic rings. The van der Waals surface area contributed by atoms with Crippen LogP contribution in [0.2, 0.25) is 0 Å². The van der Waals surface area contributed by atoms with Crippen LogP contribution in [0.3, 0.4) is 0 Å². The molecule has 10 heteroatoms. The summed E-state index contributed by atoms with van der Waals surface area (Å²) in [4.78, 5) is 47.2. The van der Waals surface area contributed by atoms with Crippen LogP contribution in [0.15, 0.2) is 48.8 Å². The number of amides is 2. The number of carbonyl (C=O) groups excluding carboxylic acids is 2. The van der Waals surface area contributed by atoms with E-state index in [1.54, 1.807) is 0 Å². The van der Waals surface area contributed by atoms with Crippen LogP contribution in [0.5, 0.6) is 0 Å². The molecule has 4 N–H and O–H groups in total. The van der Waals surface area contributed by atoms with Gasteiger partial charge in [0.1, 0.15) is 11.6 Å². The molecule has 0 saturated carbocycles. The molecule has 0 unspecified atom stereocenters. The van der Waals surface area contributed by atoms with Crippen molar-refractivity contribution in [3.63, 3.8) is 0 Å². The zero-order valence-electron chi connectivity index (χ0n) is 26.7. The molecule has 4 aromatic rings. The van der Waals surface area contributed by atoms with Crippen molar-refractivity contribution in [3.05, 3.63) is 71.6 Å². The van der Waals surface area contributed by atoms with E-state index in [1.165, 1.54) is 22.3 Å². The number of imidazole rings is 2. The second-order valence-electron chi connectivity index (χ2n) is 14.0. The minimum absolute atomic E-state index is 0.0142. The Balaban J connectivity index is 0.910. The molecule has 10 nitrogen and oxygen atoms in total. The number of nitrogens with zero attached hydrogens (tertiary/aromatic N) is 4. The van der Waals surface area contributed by atoms with Gasteiger partial charge < -0.3 is 30.4 Å². The Morgan fingerprint density at radius 2 is 1.13 bits per heavy atom. The highest BCUT2D eigenvalue weighted by molar-refractivity contribution is 5.84. The molecule has 47 heavy (non-hydrogen) atoms. The molecule has 6 heterocycles. The summed E-state index contributed by atoms with van der Waals surface area (Å²) >= 11 is 0. The van der Waals surface area contributed by atoms with E-state index in [2.05, 4.69) is 57.0 Å². The number of H-pyrrole nitrogens is 2. The molecule has 9 rings (SSSR count). The largest absolute Gasteiger partial charge is 0.340 e. The number of benzene rings is 2. The third kappa shape index (κ3) is 5.09. The Kier molecular flexibility index (Phi) is 7.23. The highest BCUT2D eigenvalue weighted by Gasteiger charge is 2.38. The lowest BCUT2D eigenvalue weighted by atomic mass is 10.0. The first kappa shape index (κ1) is 28.9. The van der Waals surface area contributed by atoms with Crippen LogP contribution in [0.1, 0.15) is 86.2 Å². The first-order valence-electron chi connectivity index (χ1n) is 17.6. The predicted molar refractivity (Wildman–Crippen MR) is 179 cm³/mol. The molecule has 0 spiro atoms. The maximum absolute atomic E-state index is 13.2. The van der Waals surface area contributed by atoms with Crippen molar-refractivity contribution >= 4 is 11.8 Å². The number of likely N-dealkylation sites (tertiary alicyclic amines) is 2. The number of nitrogens with one attached hydrogen (secondary N) is 4. The van der Waals surface area contributed by atoms with Crippen molar-refractivity contribution in [1.29, 1.82) is 0 Å². The molecule has 4 saturated heterocycles. The average molecular weight is 631 g/mol. The smallest absolute Gasteiger partial charge is 0.240 e. The Hall–Kier alpha value is -4.28. The van der Waals surface area contributed by atoms with Gasteiger partial charge in [-0.2, -0.15) is 0 Å². The van der Waals surface area contributed by atoms with Gasteiger partial charge in [0.2, 0.25) is 11.8 Å². The number of carbonyl (C=O) groups is 2. The van der Waals surface area contributed by atoms with Gasteiger partial charge in [0.05, 0.1) is 47.9 Å². The maximum atomic E-state index is 13.2. The van der Waals surface area contributed by atoms with Crippen LogP contribution in [-0.2, 0) is 16.0 Å². The summed E-state index contributed by atoms with van der Waals surface area (Å²) in [5, 5.41) is 6.73. The normalized spacial score (nSPS) is 25.1. The van der Waals surface area contributed by atoms with Crippen molar-refractivity contribution < 1.29 is 9.59 Å². The Morgan fingerprint density at radius 3 is 1.57 bits per heavy atom. The van der Waals surface area contributed by atoms with Gasteiger partial charge in [0, 0.05) is 13.1 Å². The summed E-state index contributed by atoms with van der Waals surface area (Å²) in [6, 6.07) is 13.3.